The summed E-state index contributed by atoms with van der Waals surface area (Å²) < 4.78 is 13.3. The molecule has 2 aliphatic rings. The van der Waals surface area contributed by atoms with E-state index in [2.05, 4.69) is 10.3 Å². The quantitative estimate of drug-likeness (QED) is 0.716. The highest BCUT2D eigenvalue weighted by Crippen LogP contribution is 2.41. The molecular weight excluding hydrogens is 380 g/mol. The van der Waals surface area contributed by atoms with Crippen LogP contribution < -0.4 is 10.1 Å². The zero-order valence-electron chi connectivity index (χ0n) is 16.7. The van der Waals surface area contributed by atoms with Crippen LogP contribution in [0.3, 0.4) is 0 Å². The van der Waals surface area contributed by atoms with Gasteiger partial charge in [0.1, 0.15) is 11.5 Å². The average Bonchev–Trinajstić information content (AvgIpc) is 3.20. The van der Waals surface area contributed by atoms with Crippen molar-refractivity contribution in [2.75, 3.05) is 25.1 Å². The van der Waals surface area contributed by atoms with Gasteiger partial charge < -0.3 is 14.8 Å². The number of aromatic nitrogens is 3. The van der Waals surface area contributed by atoms with Crippen molar-refractivity contribution in [2.45, 2.75) is 25.8 Å². The molecule has 1 N–H and O–H groups in total. The monoisotopic (exact) mass is 404 g/mol. The van der Waals surface area contributed by atoms with Crippen molar-refractivity contribution in [3.05, 3.63) is 48.7 Å². The molecule has 0 bridgehead atoms. The second-order valence-corrected chi connectivity index (χ2v) is 7.63. The number of anilines is 1. The number of ether oxygens (including phenoxy) is 2. The third-order valence-corrected chi connectivity index (χ3v) is 5.60. The minimum Gasteiger partial charge on any atom is -0.477 e. The van der Waals surface area contributed by atoms with Gasteiger partial charge in [0.15, 0.2) is 0 Å². The molecule has 7 heteroatoms. The van der Waals surface area contributed by atoms with Crippen LogP contribution in [0.1, 0.15) is 19.3 Å². The lowest BCUT2D eigenvalue weighted by atomic mass is 9.99. The van der Waals surface area contributed by atoms with Crippen LogP contribution in [0.2, 0.25) is 0 Å². The molecule has 154 valence electrons. The van der Waals surface area contributed by atoms with Crippen molar-refractivity contribution in [3.8, 4) is 28.3 Å². The van der Waals surface area contributed by atoms with Gasteiger partial charge in [-0.15, -0.1) is 0 Å². The first-order chi connectivity index (χ1) is 14.8. The molecule has 2 aromatic heterocycles. The summed E-state index contributed by atoms with van der Waals surface area (Å²) in [5.74, 6) is 1.28. The van der Waals surface area contributed by atoms with Gasteiger partial charge in [-0.3, -0.25) is 4.79 Å². The predicted octanol–water partition coefficient (Wildman–Crippen LogP) is 3.76. The van der Waals surface area contributed by atoms with Gasteiger partial charge in [-0.2, -0.15) is 5.10 Å². The summed E-state index contributed by atoms with van der Waals surface area (Å²) in [4.78, 5) is 17.0. The van der Waals surface area contributed by atoms with Crippen molar-refractivity contribution in [1.29, 1.82) is 0 Å². The van der Waals surface area contributed by atoms with E-state index < -0.39 is 0 Å². The first kappa shape index (κ1) is 18.8. The van der Waals surface area contributed by atoms with Crippen LogP contribution in [-0.4, -0.2) is 40.5 Å². The lowest BCUT2D eigenvalue weighted by Crippen LogP contribution is -2.28. The Morgan fingerprint density at radius 1 is 1.07 bits per heavy atom. The van der Waals surface area contributed by atoms with Gasteiger partial charge in [0, 0.05) is 43.9 Å². The summed E-state index contributed by atoms with van der Waals surface area (Å²) in [7, 11) is 0. The van der Waals surface area contributed by atoms with Gasteiger partial charge in [-0.1, -0.05) is 30.3 Å². The third kappa shape index (κ3) is 3.68. The molecule has 4 heterocycles. The minimum atomic E-state index is -0.0312. The number of aryl methyl sites for hydroxylation is 1. The van der Waals surface area contributed by atoms with Crippen LogP contribution in [0.15, 0.2) is 48.7 Å². The highest BCUT2D eigenvalue weighted by Gasteiger charge is 2.25. The fourth-order valence-electron chi connectivity index (χ4n) is 4.03. The lowest BCUT2D eigenvalue weighted by Gasteiger charge is -2.21. The standard InChI is InChI=1S/C23H24N4O3/c28-22(17-8-13-29-14-9-17)25-19-15-18(7-10-24-19)20-21(16-5-2-1-3-6-16)26-27-11-4-12-30-23(20)27/h1-3,5-7,10,15,17H,4,8-9,11-14H2,(H,24,25,28). The molecule has 0 spiro atoms. The molecule has 0 saturated carbocycles. The van der Waals surface area contributed by atoms with Crippen molar-refractivity contribution in [2.24, 2.45) is 5.92 Å². The molecule has 1 amide bonds. The maximum absolute atomic E-state index is 12.6. The van der Waals surface area contributed by atoms with Crippen molar-refractivity contribution in [3.63, 3.8) is 0 Å². The summed E-state index contributed by atoms with van der Waals surface area (Å²) in [5, 5.41) is 7.81. The number of hydrogen-bond acceptors (Lipinski definition) is 5. The molecule has 1 aromatic carbocycles. The zero-order valence-corrected chi connectivity index (χ0v) is 16.7. The smallest absolute Gasteiger partial charge is 0.228 e. The number of hydrogen-bond donors (Lipinski definition) is 1. The Morgan fingerprint density at radius 3 is 2.73 bits per heavy atom. The lowest BCUT2D eigenvalue weighted by molar-refractivity contribution is -0.122. The molecular formula is C23H24N4O3. The number of benzene rings is 1. The number of nitrogens with zero attached hydrogens (tertiary/aromatic N) is 3. The van der Waals surface area contributed by atoms with Crippen LogP contribution in [0.4, 0.5) is 5.82 Å². The minimum absolute atomic E-state index is 0.000446. The summed E-state index contributed by atoms with van der Waals surface area (Å²) in [5.41, 5.74) is 3.77. The van der Waals surface area contributed by atoms with Gasteiger partial charge >= 0.3 is 0 Å². The maximum atomic E-state index is 12.6. The molecule has 0 radical (unpaired) electrons. The highest BCUT2D eigenvalue weighted by atomic mass is 16.5. The Morgan fingerprint density at radius 2 is 1.90 bits per heavy atom. The fourth-order valence-corrected chi connectivity index (χ4v) is 4.03. The van der Waals surface area contributed by atoms with Crippen molar-refractivity contribution >= 4 is 11.7 Å². The Kier molecular flexibility index (Phi) is 5.19. The topological polar surface area (TPSA) is 78.3 Å². The van der Waals surface area contributed by atoms with Gasteiger partial charge in [0.2, 0.25) is 11.8 Å². The van der Waals surface area contributed by atoms with E-state index >= 15 is 0 Å². The Hall–Kier alpha value is -3.19. The molecule has 30 heavy (non-hydrogen) atoms. The van der Waals surface area contributed by atoms with E-state index in [1.54, 1.807) is 6.20 Å². The van der Waals surface area contributed by atoms with Gasteiger partial charge in [0.25, 0.3) is 0 Å². The molecule has 1 saturated heterocycles. The van der Waals surface area contributed by atoms with Crippen LogP contribution in [0.5, 0.6) is 5.88 Å². The number of rotatable bonds is 4. The molecule has 0 aliphatic carbocycles. The Labute approximate surface area is 175 Å². The summed E-state index contributed by atoms with van der Waals surface area (Å²) in [6.45, 7) is 2.76. The molecule has 7 nitrogen and oxygen atoms in total. The van der Waals surface area contributed by atoms with Crippen LogP contribution in [0.25, 0.3) is 22.4 Å². The highest BCUT2D eigenvalue weighted by molar-refractivity contribution is 5.93. The molecule has 5 rings (SSSR count). The van der Waals surface area contributed by atoms with Crippen LogP contribution in [0, 0.1) is 5.92 Å². The van der Waals surface area contributed by atoms with E-state index in [1.165, 1.54) is 0 Å². The fraction of sp³-hybridized carbons (Fsp3) is 0.348. The normalized spacial score (nSPS) is 16.5. The van der Waals surface area contributed by atoms with Gasteiger partial charge in [-0.05, 0) is 30.5 Å². The van der Waals surface area contributed by atoms with E-state index in [0.717, 1.165) is 54.1 Å². The zero-order chi connectivity index (χ0) is 20.3. The SMILES string of the molecule is O=C(Nc1cc(-c2c(-c3ccccc3)nn3c2OCCC3)ccn1)C1CCOCC1. The van der Waals surface area contributed by atoms with E-state index in [-0.39, 0.29) is 11.8 Å². The van der Waals surface area contributed by atoms with Crippen LogP contribution in [-0.2, 0) is 16.1 Å². The number of amides is 1. The first-order valence-corrected chi connectivity index (χ1v) is 10.4. The molecule has 2 aliphatic heterocycles. The second-order valence-electron chi connectivity index (χ2n) is 7.63. The number of carbonyl (C=O) groups is 1. The number of carbonyl (C=O) groups excluding carboxylic acids is 1. The maximum Gasteiger partial charge on any atom is 0.228 e. The molecule has 1 fully saturated rings. The molecule has 0 atom stereocenters. The largest absolute Gasteiger partial charge is 0.477 e. The number of pyridine rings is 1. The van der Waals surface area contributed by atoms with Crippen molar-refractivity contribution in [1.82, 2.24) is 14.8 Å². The molecule has 0 unspecified atom stereocenters. The predicted molar refractivity (Wildman–Crippen MR) is 113 cm³/mol. The Balaban J connectivity index is 1.50. The van der Waals surface area contributed by atoms with Gasteiger partial charge in [0.05, 0.1) is 12.2 Å². The van der Waals surface area contributed by atoms with E-state index in [0.29, 0.717) is 25.6 Å². The summed E-state index contributed by atoms with van der Waals surface area (Å²) in [6, 6.07) is 13.9. The van der Waals surface area contributed by atoms with E-state index in [1.807, 2.05) is 47.1 Å². The first-order valence-electron chi connectivity index (χ1n) is 10.4. The van der Waals surface area contributed by atoms with E-state index in [4.69, 9.17) is 14.6 Å². The summed E-state index contributed by atoms with van der Waals surface area (Å²) >= 11 is 0. The Bertz CT molecular complexity index is 1040. The van der Waals surface area contributed by atoms with Crippen molar-refractivity contribution < 1.29 is 14.3 Å². The van der Waals surface area contributed by atoms with Crippen LogP contribution >= 0.6 is 0 Å². The van der Waals surface area contributed by atoms with E-state index in [9.17, 15) is 4.79 Å². The average molecular weight is 404 g/mol. The number of fused-ring (bicyclic) bond motifs is 1. The summed E-state index contributed by atoms with van der Waals surface area (Å²) in [6.07, 6.45) is 4.14. The van der Waals surface area contributed by atoms with Gasteiger partial charge in [-0.25, -0.2) is 9.67 Å². The number of nitrogens with one attached hydrogen (secondary N) is 1. The molecule has 3 aromatic rings. The second kappa shape index (κ2) is 8.28. The third-order valence-electron chi connectivity index (χ3n) is 5.60.